The van der Waals surface area contributed by atoms with Gasteiger partial charge in [0, 0.05) is 46.4 Å². The average Bonchev–Trinajstić information content (AvgIpc) is 3.32. The molecule has 3 heterocycles. The Morgan fingerprint density at radius 2 is 2.00 bits per heavy atom. The highest BCUT2D eigenvalue weighted by Crippen LogP contribution is 2.20. The van der Waals surface area contributed by atoms with Crippen LogP contribution in [0.3, 0.4) is 0 Å². The van der Waals surface area contributed by atoms with Crippen molar-refractivity contribution in [2.75, 3.05) is 52.5 Å². The highest BCUT2D eigenvalue weighted by atomic mass is 127. The molecular weight excluding hydrogens is 493 g/mol. The predicted octanol–water partition coefficient (Wildman–Crippen LogP) is 2.42. The van der Waals surface area contributed by atoms with Crippen LogP contribution in [0.4, 0.5) is 0 Å². The standard InChI is InChI=1S/C21H39N7O.HI/c1-4-29-14-8-10-22-21(23-15-20-25-24-18(2)26(20)3)28-13-9-19(17-28)16-27-11-6-5-7-12-27;/h19H,4-17H2,1-3H3,(H,22,23);1H. The highest BCUT2D eigenvalue weighted by Gasteiger charge is 2.27. The number of hydrogen-bond donors (Lipinski definition) is 1. The molecular formula is C21H40IN7O. The van der Waals surface area contributed by atoms with E-state index in [9.17, 15) is 0 Å². The number of ether oxygens (including phenoxy) is 1. The van der Waals surface area contributed by atoms with Gasteiger partial charge in [0.05, 0.1) is 0 Å². The van der Waals surface area contributed by atoms with Crippen molar-refractivity contribution in [3.8, 4) is 0 Å². The minimum absolute atomic E-state index is 0. The quantitative estimate of drug-likeness (QED) is 0.228. The molecule has 172 valence electrons. The fourth-order valence-electron chi connectivity index (χ4n) is 4.20. The van der Waals surface area contributed by atoms with Gasteiger partial charge in [-0.1, -0.05) is 6.42 Å². The molecule has 1 aromatic heterocycles. The fourth-order valence-corrected chi connectivity index (χ4v) is 4.20. The van der Waals surface area contributed by atoms with Gasteiger partial charge in [0.2, 0.25) is 0 Å². The van der Waals surface area contributed by atoms with Gasteiger partial charge in [-0.15, -0.1) is 34.2 Å². The average molecular weight is 534 g/mol. The third-order valence-electron chi connectivity index (χ3n) is 6.06. The highest BCUT2D eigenvalue weighted by molar-refractivity contribution is 14.0. The Morgan fingerprint density at radius 1 is 1.20 bits per heavy atom. The lowest BCUT2D eigenvalue weighted by molar-refractivity contribution is 0.145. The number of nitrogens with one attached hydrogen (secondary N) is 1. The largest absolute Gasteiger partial charge is 0.382 e. The smallest absolute Gasteiger partial charge is 0.194 e. The van der Waals surface area contributed by atoms with E-state index in [1.807, 2.05) is 25.5 Å². The van der Waals surface area contributed by atoms with Crippen LogP contribution in [0.15, 0.2) is 4.99 Å². The lowest BCUT2D eigenvalue weighted by Gasteiger charge is -2.29. The van der Waals surface area contributed by atoms with Crippen molar-refractivity contribution < 1.29 is 4.74 Å². The van der Waals surface area contributed by atoms with Crippen LogP contribution in [0.25, 0.3) is 0 Å². The first-order chi connectivity index (χ1) is 14.2. The second-order valence-electron chi connectivity index (χ2n) is 8.30. The summed E-state index contributed by atoms with van der Waals surface area (Å²) in [5, 5.41) is 12.0. The maximum atomic E-state index is 5.47. The summed E-state index contributed by atoms with van der Waals surface area (Å²) in [5.41, 5.74) is 0. The van der Waals surface area contributed by atoms with Crippen molar-refractivity contribution in [3.63, 3.8) is 0 Å². The van der Waals surface area contributed by atoms with Gasteiger partial charge in [-0.2, -0.15) is 0 Å². The number of guanidine groups is 1. The van der Waals surface area contributed by atoms with E-state index in [0.29, 0.717) is 6.54 Å². The molecule has 9 heteroatoms. The van der Waals surface area contributed by atoms with Crippen molar-refractivity contribution >= 4 is 29.9 Å². The van der Waals surface area contributed by atoms with Crippen molar-refractivity contribution in [1.82, 2.24) is 29.9 Å². The molecule has 0 radical (unpaired) electrons. The number of rotatable bonds is 9. The fraction of sp³-hybridized carbons (Fsp3) is 0.857. The maximum absolute atomic E-state index is 5.47. The predicted molar refractivity (Wildman–Crippen MR) is 131 cm³/mol. The minimum atomic E-state index is 0. The summed E-state index contributed by atoms with van der Waals surface area (Å²) in [6.07, 6.45) is 6.36. The van der Waals surface area contributed by atoms with Gasteiger partial charge < -0.3 is 24.4 Å². The normalized spacial score (nSPS) is 20.4. The van der Waals surface area contributed by atoms with Crippen molar-refractivity contribution in [2.45, 2.75) is 52.5 Å². The summed E-state index contributed by atoms with van der Waals surface area (Å²) in [6.45, 7) is 13.0. The Balaban J connectivity index is 0.00000320. The molecule has 30 heavy (non-hydrogen) atoms. The van der Waals surface area contributed by atoms with E-state index < -0.39 is 0 Å². The number of piperidine rings is 1. The Morgan fingerprint density at radius 3 is 2.70 bits per heavy atom. The molecule has 0 spiro atoms. The molecule has 2 saturated heterocycles. The van der Waals surface area contributed by atoms with E-state index in [4.69, 9.17) is 9.73 Å². The molecule has 1 unspecified atom stereocenters. The first kappa shape index (κ1) is 25.3. The molecule has 0 bridgehead atoms. The Labute approximate surface area is 198 Å². The molecule has 2 aliphatic heterocycles. The van der Waals surface area contributed by atoms with Gasteiger partial charge in [-0.25, -0.2) is 4.99 Å². The van der Waals surface area contributed by atoms with E-state index in [1.165, 1.54) is 45.3 Å². The summed E-state index contributed by atoms with van der Waals surface area (Å²) in [7, 11) is 2.00. The first-order valence-corrected chi connectivity index (χ1v) is 11.4. The summed E-state index contributed by atoms with van der Waals surface area (Å²) < 4.78 is 7.48. The Hall–Kier alpha value is -0.940. The molecule has 1 N–H and O–H groups in total. The topological polar surface area (TPSA) is 70.8 Å². The first-order valence-electron chi connectivity index (χ1n) is 11.4. The molecule has 3 rings (SSSR count). The summed E-state index contributed by atoms with van der Waals surface area (Å²) >= 11 is 0. The number of aromatic nitrogens is 3. The van der Waals surface area contributed by atoms with Gasteiger partial charge in [0.25, 0.3) is 0 Å². The van der Waals surface area contributed by atoms with E-state index in [1.54, 1.807) is 0 Å². The second-order valence-corrected chi connectivity index (χ2v) is 8.30. The van der Waals surface area contributed by atoms with Crippen LogP contribution in [0.1, 0.15) is 50.7 Å². The Bertz CT molecular complexity index is 645. The molecule has 0 saturated carbocycles. The van der Waals surface area contributed by atoms with Crippen LogP contribution in [-0.4, -0.2) is 83.0 Å². The van der Waals surface area contributed by atoms with Crippen LogP contribution in [-0.2, 0) is 18.3 Å². The van der Waals surface area contributed by atoms with Crippen molar-refractivity contribution in [1.29, 1.82) is 0 Å². The van der Waals surface area contributed by atoms with Crippen LogP contribution < -0.4 is 5.32 Å². The number of halogens is 1. The van der Waals surface area contributed by atoms with Gasteiger partial charge >= 0.3 is 0 Å². The zero-order valence-electron chi connectivity index (χ0n) is 19.0. The van der Waals surface area contributed by atoms with Gasteiger partial charge in [-0.3, -0.25) is 0 Å². The number of nitrogens with zero attached hydrogens (tertiary/aromatic N) is 6. The van der Waals surface area contributed by atoms with Crippen LogP contribution in [0.2, 0.25) is 0 Å². The molecule has 2 aliphatic rings. The number of aliphatic imine (C=N–C) groups is 1. The zero-order chi connectivity index (χ0) is 20.5. The van der Waals surface area contributed by atoms with Crippen LogP contribution in [0.5, 0.6) is 0 Å². The Kier molecular flexibility index (Phi) is 11.4. The SMILES string of the molecule is CCOCCCNC(=NCc1nnc(C)n1C)N1CCC(CN2CCCCC2)C1.I. The van der Waals surface area contributed by atoms with Crippen LogP contribution >= 0.6 is 24.0 Å². The summed E-state index contributed by atoms with van der Waals surface area (Å²) in [6, 6.07) is 0. The summed E-state index contributed by atoms with van der Waals surface area (Å²) in [4.78, 5) is 9.99. The van der Waals surface area contributed by atoms with Gasteiger partial charge in [0.15, 0.2) is 11.8 Å². The van der Waals surface area contributed by atoms with Gasteiger partial charge in [-0.05, 0) is 58.5 Å². The maximum Gasteiger partial charge on any atom is 0.194 e. The number of aryl methyl sites for hydroxylation is 1. The third-order valence-corrected chi connectivity index (χ3v) is 6.06. The molecule has 0 amide bonds. The monoisotopic (exact) mass is 533 g/mol. The molecule has 1 atom stereocenters. The minimum Gasteiger partial charge on any atom is -0.382 e. The summed E-state index contributed by atoms with van der Waals surface area (Å²) in [5.74, 6) is 3.56. The van der Waals surface area contributed by atoms with Gasteiger partial charge in [0.1, 0.15) is 12.4 Å². The molecule has 1 aromatic rings. The lowest BCUT2D eigenvalue weighted by atomic mass is 10.1. The van der Waals surface area contributed by atoms with Crippen LogP contribution in [0, 0.1) is 12.8 Å². The van der Waals surface area contributed by atoms with E-state index in [0.717, 1.165) is 62.8 Å². The lowest BCUT2D eigenvalue weighted by Crippen LogP contribution is -2.42. The molecule has 8 nitrogen and oxygen atoms in total. The second kappa shape index (κ2) is 13.5. The van der Waals surface area contributed by atoms with E-state index in [-0.39, 0.29) is 24.0 Å². The number of likely N-dealkylation sites (tertiary alicyclic amines) is 2. The zero-order valence-corrected chi connectivity index (χ0v) is 21.3. The van der Waals surface area contributed by atoms with E-state index in [2.05, 4.69) is 25.3 Å². The molecule has 0 aliphatic carbocycles. The molecule has 2 fully saturated rings. The molecule has 0 aromatic carbocycles. The third kappa shape index (κ3) is 7.64. The number of hydrogen-bond acceptors (Lipinski definition) is 5. The van der Waals surface area contributed by atoms with Crippen molar-refractivity contribution in [3.05, 3.63) is 11.6 Å². The van der Waals surface area contributed by atoms with Crippen molar-refractivity contribution in [2.24, 2.45) is 18.0 Å². The van der Waals surface area contributed by atoms with E-state index >= 15 is 0 Å².